The summed E-state index contributed by atoms with van der Waals surface area (Å²) >= 11 is 0. The third-order valence-corrected chi connectivity index (χ3v) is 3.14. The van der Waals surface area contributed by atoms with Crippen molar-refractivity contribution in [1.29, 1.82) is 0 Å². The zero-order valence-corrected chi connectivity index (χ0v) is 12.1. The standard InChI is InChI=1S/C18H20O2/c1-3-7-14-8-5-9-15(12-14)18(19)16-10-6-11-17(13-16)20-4-2/h5-6,8-13H,3-4,7H2,1-2H3. The van der Waals surface area contributed by atoms with Gasteiger partial charge in [0.2, 0.25) is 0 Å². The van der Waals surface area contributed by atoms with Crippen molar-refractivity contribution in [2.75, 3.05) is 6.61 Å². The van der Waals surface area contributed by atoms with E-state index in [4.69, 9.17) is 4.74 Å². The van der Waals surface area contributed by atoms with Crippen molar-refractivity contribution in [1.82, 2.24) is 0 Å². The lowest BCUT2D eigenvalue weighted by Gasteiger charge is -2.07. The number of hydrogen-bond donors (Lipinski definition) is 0. The smallest absolute Gasteiger partial charge is 0.193 e. The zero-order chi connectivity index (χ0) is 14.4. The molecule has 104 valence electrons. The molecule has 0 fully saturated rings. The molecule has 0 bridgehead atoms. The molecule has 0 unspecified atom stereocenters. The molecule has 0 atom stereocenters. The van der Waals surface area contributed by atoms with Crippen molar-refractivity contribution in [3.05, 3.63) is 65.2 Å². The molecule has 0 saturated heterocycles. The first-order valence-electron chi connectivity index (χ1n) is 7.11. The molecular formula is C18H20O2. The maximum Gasteiger partial charge on any atom is 0.193 e. The monoisotopic (exact) mass is 268 g/mol. The quantitative estimate of drug-likeness (QED) is 0.731. The van der Waals surface area contributed by atoms with Crippen LogP contribution in [0.5, 0.6) is 5.75 Å². The van der Waals surface area contributed by atoms with Crippen LogP contribution in [-0.2, 0) is 6.42 Å². The number of carbonyl (C=O) groups excluding carboxylic acids is 1. The van der Waals surface area contributed by atoms with Crippen LogP contribution < -0.4 is 4.74 Å². The molecule has 0 amide bonds. The molecule has 2 aromatic rings. The normalized spacial score (nSPS) is 10.3. The average Bonchev–Trinajstić information content (AvgIpc) is 2.48. The topological polar surface area (TPSA) is 26.3 Å². The molecule has 0 saturated carbocycles. The molecule has 0 aromatic heterocycles. The highest BCUT2D eigenvalue weighted by Crippen LogP contribution is 2.18. The van der Waals surface area contributed by atoms with Gasteiger partial charge in [0.05, 0.1) is 6.61 Å². The Morgan fingerprint density at radius 3 is 2.40 bits per heavy atom. The Labute approximate surface area is 120 Å². The summed E-state index contributed by atoms with van der Waals surface area (Å²) in [6, 6.07) is 15.2. The molecular weight excluding hydrogens is 248 g/mol. The van der Waals surface area contributed by atoms with E-state index in [9.17, 15) is 4.79 Å². The summed E-state index contributed by atoms with van der Waals surface area (Å²) < 4.78 is 5.44. The van der Waals surface area contributed by atoms with E-state index < -0.39 is 0 Å². The van der Waals surface area contributed by atoms with Crippen LogP contribution in [0.3, 0.4) is 0 Å². The number of ether oxygens (including phenoxy) is 1. The van der Waals surface area contributed by atoms with Crippen LogP contribution in [0.1, 0.15) is 41.8 Å². The lowest BCUT2D eigenvalue weighted by molar-refractivity contribution is 0.103. The number of benzene rings is 2. The van der Waals surface area contributed by atoms with Crippen LogP contribution in [0, 0.1) is 0 Å². The lowest BCUT2D eigenvalue weighted by atomic mass is 10.00. The highest BCUT2D eigenvalue weighted by molar-refractivity contribution is 6.09. The van der Waals surface area contributed by atoms with Crippen molar-refractivity contribution in [2.24, 2.45) is 0 Å². The number of carbonyl (C=O) groups is 1. The summed E-state index contributed by atoms with van der Waals surface area (Å²) in [6.45, 7) is 4.67. The fourth-order valence-corrected chi connectivity index (χ4v) is 2.22. The fourth-order valence-electron chi connectivity index (χ4n) is 2.22. The molecule has 0 heterocycles. The lowest BCUT2D eigenvalue weighted by Crippen LogP contribution is -2.03. The van der Waals surface area contributed by atoms with Gasteiger partial charge in [-0.05, 0) is 37.1 Å². The van der Waals surface area contributed by atoms with E-state index >= 15 is 0 Å². The molecule has 0 aliphatic heterocycles. The number of ketones is 1. The van der Waals surface area contributed by atoms with Crippen LogP contribution in [-0.4, -0.2) is 12.4 Å². The highest BCUT2D eigenvalue weighted by Gasteiger charge is 2.10. The van der Waals surface area contributed by atoms with E-state index in [1.165, 1.54) is 5.56 Å². The van der Waals surface area contributed by atoms with E-state index in [-0.39, 0.29) is 5.78 Å². The maximum atomic E-state index is 12.5. The van der Waals surface area contributed by atoms with Gasteiger partial charge in [-0.1, -0.05) is 43.7 Å². The number of aryl methyl sites for hydroxylation is 1. The molecule has 2 rings (SSSR count). The Morgan fingerprint density at radius 1 is 1.00 bits per heavy atom. The van der Waals surface area contributed by atoms with Gasteiger partial charge in [-0.2, -0.15) is 0 Å². The first-order chi connectivity index (χ1) is 9.74. The maximum absolute atomic E-state index is 12.5. The van der Waals surface area contributed by atoms with Crippen molar-refractivity contribution in [2.45, 2.75) is 26.7 Å². The summed E-state index contributed by atoms with van der Waals surface area (Å²) in [5, 5.41) is 0. The van der Waals surface area contributed by atoms with E-state index in [2.05, 4.69) is 13.0 Å². The fraction of sp³-hybridized carbons (Fsp3) is 0.278. The molecule has 2 nitrogen and oxygen atoms in total. The summed E-state index contributed by atoms with van der Waals surface area (Å²) in [5.41, 5.74) is 2.62. The van der Waals surface area contributed by atoms with Gasteiger partial charge in [-0.3, -0.25) is 4.79 Å². The Hall–Kier alpha value is -2.09. The SMILES string of the molecule is CCCc1cccc(C(=O)c2cccc(OCC)c2)c1. The van der Waals surface area contributed by atoms with Gasteiger partial charge in [-0.25, -0.2) is 0 Å². The first-order valence-corrected chi connectivity index (χ1v) is 7.11. The summed E-state index contributed by atoms with van der Waals surface area (Å²) in [4.78, 5) is 12.5. The molecule has 2 aromatic carbocycles. The predicted octanol–water partition coefficient (Wildman–Crippen LogP) is 4.27. The van der Waals surface area contributed by atoms with Crippen molar-refractivity contribution in [3.8, 4) is 5.75 Å². The predicted molar refractivity (Wildman–Crippen MR) is 81.5 cm³/mol. The van der Waals surface area contributed by atoms with Crippen molar-refractivity contribution >= 4 is 5.78 Å². The van der Waals surface area contributed by atoms with Crippen LogP contribution in [0.15, 0.2) is 48.5 Å². The van der Waals surface area contributed by atoms with E-state index in [1.807, 2.05) is 43.3 Å². The van der Waals surface area contributed by atoms with Gasteiger partial charge in [0, 0.05) is 11.1 Å². The van der Waals surface area contributed by atoms with Gasteiger partial charge in [-0.15, -0.1) is 0 Å². The molecule has 0 radical (unpaired) electrons. The minimum Gasteiger partial charge on any atom is -0.494 e. The second-order valence-corrected chi connectivity index (χ2v) is 4.74. The third-order valence-electron chi connectivity index (χ3n) is 3.14. The van der Waals surface area contributed by atoms with E-state index in [1.54, 1.807) is 6.07 Å². The Bertz CT molecular complexity index is 536. The van der Waals surface area contributed by atoms with Crippen LogP contribution in [0.4, 0.5) is 0 Å². The molecule has 0 aliphatic rings. The highest BCUT2D eigenvalue weighted by atomic mass is 16.5. The van der Waals surface area contributed by atoms with Gasteiger partial charge < -0.3 is 4.74 Å². The Morgan fingerprint density at radius 2 is 1.70 bits per heavy atom. The summed E-state index contributed by atoms with van der Waals surface area (Å²) in [6.07, 6.45) is 2.08. The van der Waals surface area contributed by atoms with Crippen LogP contribution in [0.25, 0.3) is 0 Å². The number of rotatable bonds is 6. The first kappa shape index (κ1) is 14.3. The summed E-state index contributed by atoms with van der Waals surface area (Å²) in [5.74, 6) is 0.785. The van der Waals surface area contributed by atoms with Crippen LogP contribution in [0.2, 0.25) is 0 Å². The van der Waals surface area contributed by atoms with E-state index in [0.29, 0.717) is 12.2 Å². The largest absolute Gasteiger partial charge is 0.494 e. The zero-order valence-electron chi connectivity index (χ0n) is 12.1. The van der Waals surface area contributed by atoms with Crippen molar-refractivity contribution < 1.29 is 9.53 Å². The molecule has 2 heteroatoms. The minimum atomic E-state index is 0.0458. The minimum absolute atomic E-state index is 0.0458. The number of hydrogen-bond acceptors (Lipinski definition) is 2. The Kier molecular flexibility index (Phi) is 4.94. The second kappa shape index (κ2) is 6.90. The second-order valence-electron chi connectivity index (χ2n) is 4.74. The average molecular weight is 268 g/mol. The van der Waals surface area contributed by atoms with E-state index in [0.717, 1.165) is 24.2 Å². The Balaban J connectivity index is 2.26. The third kappa shape index (κ3) is 3.47. The van der Waals surface area contributed by atoms with Gasteiger partial charge in [0.1, 0.15) is 5.75 Å². The molecule has 20 heavy (non-hydrogen) atoms. The van der Waals surface area contributed by atoms with Crippen LogP contribution >= 0.6 is 0 Å². The van der Waals surface area contributed by atoms with Gasteiger partial charge in [0.25, 0.3) is 0 Å². The van der Waals surface area contributed by atoms with Gasteiger partial charge >= 0.3 is 0 Å². The summed E-state index contributed by atoms with van der Waals surface area (Å²) in [7, 11) is 0. The molecule has 0 aliphatic carbocycles. The van der Waals surface area contributed by atoms with Gasteiger partial charge in [0.15, 0.2) is 5.78 Å². The molecule has 0 N–H and O–H groups in total. The molecule has 0 spiro atoms. The van der Waals surface area contributed by atoms with Crippen molar-refractivity contribution in [3.63, 3.8) is 0 Å².